The third-order valence-corrected chi connectivity index (χ3v) is 4.33. The molecule has 0 aromatic heterocycles. The fraction of sp³-hybridized carbons (Fsp3) is 0.938. The van der Waals surface area contributed by atoms with Crippen molar-refractivity contribution in [1.82, 2.24) is 14.7 Å². The van der Waals surface area contributed by atoms with Gasteiger partial charge in [0.1, 0.15) is 0 Å². The van der Waals surface area contributed by atoms with Crippen molar-refractivity contribution in [1.29, 1.82) is 0 Å². The van der Waals surface area contributed by atoms with Gasteiger partial charge in [0.05, 0.1) is 6.54 Å². The van der Waals surface area contributed by atoms with Gasteiger partial charge in [-0.15, -0.1) is 0 Å². The molecule has 1 heterocycles. The lowest BCUT2D eigenvalue weighted by molar-refractivity contribution is -0.132. The van der Waals surface area contributed by atoms with Gasteiger partial charge in [0.2, 0.25) is 5.91 Å². The van der Waals surface area contributed by atoms with Gasteiger partial charge in [-0.05, 0) is 59.3 Å². The minimum Gasteiger partial charge on any atom is -0.342 e. The van der Waals surface area contributed by atoms with Gasteiger partial charge in [0.25, 0.3) is 0 Å². The van der Waals surface area contributed by atoms with Crippen LogP contribution in [0.5, 0.6) is 0 Å². The molecule has 0 unspecified atom stereocenters. The van der Waals surface area contributed by atoms with E-state index in [1.807, 2.05) is 18.7 Å². The molecule has 1 aliphatic heterocycles. The van der Waals surface area contributed by atoms with Crippen LogP contribution in [-0.4, -0.2) is 79.5 Å². The van der Waals surface area contributed by atoms with E-state index in [1.54, 1.807) is 0 Å². The molecular formula is C16H34N4O. The molecule has 1 saturated heterocycles. The van der Waals surface area contributed by atoms with Crippen LogP contribution in [0.3, 0.4) is 0 Å². The van der Waals surface area contributed by atoms with Gasteiger partial charge in [0, 0.05) is 26.2 Å². The highest BCUT2D eigenvalue weighted by molar-refractivity contribution is 5.78. The van der Waals surface area contributed by atoms with Crippen molar-refractivity contribution in [3.63, 3.8) is 0 Å². The average Bonchev–Trinajstić information content (AvgIpc) is 2.70. The first-order valence-corrected chi connectivity index (χ1v) is 8.63. The van der Waals surface area contributed by atoms with E-state index in [9.17, 15) is 4.79 Å². The smallest absolute Gasteiger partial charge is 0.236 e. The number of rotatable bonds is 9. The molecule has 5 heteroatoms. The first-order chi connectivity index (χ1) is 10.2. The predicted molar refractivity (Wildman–Crippen MR) is 88.3 cm³/mol. The number of hydrogen-bond acceptors (Lipinski definition) is 4. The minimum absolute atomic E-state index is 0.274. The third kappa shape index (κ3) is 7.25. The Hall–Kier alpha value is -0.650. The second-order valence-corrected chi connectivity index (χ2v) is 5.89. The maximum Gasteiger partial charge on any atom is 0.236 e. The van der Waals surface area contributed by atoms with Crippen LogP contribution in [0.25, 0.3) is 0 Å². The third-order valence-electron chi connectivity index (χ3n) is 4.33. The van der Waals surface area contributed by atoms with Gasteiger partial charge in [-0.1, -0.05) is 6.42 Å². The van der Waals surface area contributed by atoms with Crippen LogP contribution in [0, 0.1) is 0 Å². The van der Waals surface area contributed by atoms with E-state index in [0.29, 0.717) is 6.54 Å². The molecule has 0 spiro atoms. The number of likely N-dealkylation sites (N-methyl/N-ethyl adjacent to an activating group) is 1. The summed E-state index contributed by atoms with van der Waals surface area (Å²) < 4.78 is 0. The van der Waals surface area contributed by atoms with E-state index in [2.05, 4.69) is 9.80 Å². The number of amides is 1. The highest BCUT2D eigenvalue weighted by atomic mass is 16.2. The maximum atomic E-state index is 12.2. The lowest BCUT2D eigenvalue weighted by Gasteiger charge is -2.25. The molecule has 0 atom stereocenters. The summed E-state index contributed by atoms with van der Waals surface area (Å²) in [6.45, 7) is 12.6. The zero-order chi connectivity index (χ0) is 15.5. The predicted octanol–water partition coefficient (Wildman–Crippen LogP) is 0.992. The summed E-state index contributed by atoms with van der Waals surface area (Å²) in [6, 6.07) is 0. The summed E-state index contributed by atoms with van der Waals surface area (Å²) in [4.78, 5) is 19.0. The van der Waals surface area contributed by atoms with Gasteiger partial charge in [-0.2, -0.15) is 0 Å². The lowest BCUT2D eigenvalue weighted by Crippen LogP contribution is -2.41. The number of carbonyl (C=O) groups is 1. The monoisotopic (exact) mass is 298 g/mol. The van der Waals surface area contributed by atoms with E-state index in [1.165, 1.54) is 32.4 Å². The van der Waals surface area contributed by atoms with Gasteiger partial charge >= 0.3 is 0 Å². The zero-order valence-electron chi connectivity index (χ0n) is 14.0. The number of unbranched alkanes of at least 4 members (excludes halogenated alkanes) is 2. The van der Waals surface area contributed by atoms with Crippen LogP contribution in [0.2, 0.25) is 0 Å². The molecule has 21 heavy (non-hydrogen) atoms. The number of hydrogen-bond donors (Lipinski definition) is 1. The van der Waals surface area contributed by atoms with Crippen LogP contribution >= 0.6 is 0 Å². The summed E-state index contributed by atoms with van der Waals surface area (Å²) in [7, 11) is 0. The molecule has 0 aromatic carbocycles. The van der Waals surface area contributed by atoms with Crippen LogP contribution in [-0.2, 0) is 4.79 Å². The molecule has 5 nitrogen and oxygen atoms in total. The zero-order valence-corrected chi connectivity index (χ0v) is 14.0. The van der Waals surface area contributed by atoms with Gasteiger partial charge < -0.3 is 15.5 Å². The van der Waals surface area contributed by atoms with E-state index in [4.69, 9.17) is 5.73 Å². The minimum atomic E-state index is 0.274. The lowest BCUT2D eigenvalue weighted by atomic mass is 10.2. The molecule has 1 amide bonds. The van der Waals surface area contributed by atoms with Gasteiger partial charge in [-0.25, -0.2) is 0 Å². The second-order valence-electron chi connectivity index (χ2n) is 5.89. The second kappa shape index (κ2) is 11.0. The van der Waals surface area contributed by atoms with Crippen molar-refractivity contribution < 1.29 is 4.79 Å². The number of carbonyl (C=O) groups excluding carboxylic acids is 1. The summed E-state index contributed by atoms with van der Waals surface area (Å²) in [6.07, 6.45) is 4.79. The fourth-order valence-corrected chi connectivity index (χ4v) is 2.93. The van der Waals surface area contributed by atoms with Crippen molar-refractivity contribution >= 4 is 5.91 Å². The Labute approximate surface area is 130 Å². The normalized spacial score (nSPS) is 17.7. The van der Waals surface area contributed by atoms with Crippen molar-refractivity contribution in [2.24, 2.45) is 5.73 Å². The molecule has 0 bridgehead atoms. The number of nitrogens with two attached hydrogens (primary N) is 1. The Morgan fingerprint density at radius 3 is 2.33 bits per heavy atom. The summed E-state index contributed by atoms with van der Waals surface area (Å²) in [5, 5.41) is 0. The van der Waals surface area contributed by atoms with Crippen LogP contribution in [0.4, 0.5) is 0 Å². The molecule has 1 aliphatic rings. The van der Waals surface area contributed by atoms with Crippen LogP contribution in [0.1, 0.15) is 39.5 Å². The van der Waals surface area contributed by atoms with Gasteiger partial charge in [0.15, 0.2) is 0 Å². The van der Waals surface area contributed by atoms with Crippen molar-refractivity contribution in [3.8, 4) is 0 Å². The molecule has 1 rings (SSSR count). The Morgan fingerprint density at radius 1 is 1.00 bits per heavy atom. The maximum absolute atomic E-state index is 12.2. The van der Waals surface area contributed by atoms with E-state index < -0.39 is 0 Å². The Bertz CT molecular complexity index is 281. The molecule has 0 saturated carbocycles. The molecule has 2 N–H and O–H groups in total. The largest absolute Gasteiger partial charge is 0.342 e. The summed E-state index contributed by atoms with van der Waals surface area (Å²) in [5.74, 6) is 0.274. The van der Waals surface area contributed by atoms with E-state index in [0.717, 1.165) is 45.7 Å². The average molecular weight is 298 g/mol. The standard InChI is InChI=1S/C16H34N4O/c1-3-20(4-2)16(21)15-19-12-8-11-18(13-14-19)10-7-5-6-9-17/h3-15,17H2,1-2H3. The Balaban J connectivity index is 2.27. The fourth-order valence-electron chi connectivity index (χ4n) is 2.93. The van der Waals surface area contributed by atoms with Crippen LogP contribution in [0.15, 0.2) is 0 Å². The van der Waals surface area contributed by atoms with Crippen molar-refractivity contribution in [2.45, 2.75) is 39.5 Å². The quantitative estimate of drug-likeness (QED) is 0.645. The summed E-state index contributed by atoms with van der Waals surface area (Å²) in [5.41, 5.74) is 5.53. The van der Waals surface area contributed by atoms with Crippen molar-refractivity contribution in [3.05, 3.63) is 0 Å². The highest BCUT2D eigenvalue weighted by Gasteiger charge is 2.18. The molecule has 124 valence electrons. The SMILES string of the molecule is CCN(CC)C(=O)CN1CCCN(CCCCCN)CC1. The number of nitrogens with zero attached hydrogens (tertiary/aromatic N) is 3. The Morgan fingerprint density at radius 2 is 1.67 bits per heavy atom. The van der Waals surface area contributed by atoms with Crippen molar-refractivity contribution in [2.75, 3.05) is 58.9 Å². The molecule has 0 aliphatic carbocycles. The summed E-state index contributed by atoms with van der Waals surface area (Å²) >= 11 is 0. The van der Waals surface area contributed by atoms with Gasteiger partial charge in [-0.3, -0.25) is 9.69 Å². The first-order valence-electron chi connectivity index (χ1n) is 8.63. The molecule has 0 radical (unpaired) electrons. The Kier molecular flexibility index (Phi) is 9.63. The first kappa shape index (κ1) is 18.4. The highest BCUT2D eigenvalue weighted by Crippen LogP contribution is 2.06. The van der Waals surface area contributed by atoms with E-state index >= 15 is 0 Å². The molecular weight excluding hydrogens is 264 g/mol. The topological polar surface area (TPSA) is 52.8 Å². The molecule has 0 aromatic rings. The van der Waals surface area contributed by atoms with Crippen LogP contribution < -0.4 is 5.73 Å². The molecule has 1 fully saturated rings. The van der Waals surface area contributed by atoms with E-state index in [-0.39, 0.29) is 5.91 Å².